The maximum atomic E-state index is 13.2. The molecule has 0 aliphatic carbocycles. The number of benzene rings is 2. The monoisotopic (exact) mass is 523 g/mol. The number of nitrogens with zero attached hydrogens (tertiary/aromatic N) is 4. The Labute approximate surface area is 214 Å². The number of rotatable bonds is 6. The fourth-order valence-corrected chi connectivity index (χ4v) is 4.39. The van der Waals surface area contributed by atoms with Crippen molar-refractivity contribution in [3.63, 3.8) is 0 Å². The molecule has 2 N–H and O–H groups in total. The highest BCUT2D eigenvalue weighted by molar-refractivity contribution is 7.17. The van der Waals surface area contributed by atoms with Crippen molar-refractivity contribution in [2.45, 2.75) is 6.61 Å². The van der Waals surface area contributed by atoms with Gasteiger partial charge in [-0.2, -0.15) is 0 Å². The second kappa shape index (κ2) is 10.2. The zero-order chi connectivity index (χ0) is 25.1. The van der Waals surface area contributed by atoms with Gasteiger partial charge in [0.05, 0.1) is 17.8 Å². The minimum absolute atomic E-state index is 0.196. The number of fused-ring (bicyclic) bond motifs is 1. The van der Waals surface area contributed by atoms with Gasteiger partial charge in [-0.15, -0.1) is 5.10 Å². The van der Waals surface area contributed by atoms with Gasteiger partial charge in [0.25, 0.3) is 11.1 Å². The molecule has 0 atom stereocenters. The predicted molar refractivity (Wildman–Crippen MR) is 134 cm³/mol. The summed E-state index contributed by atoms with van der Waals surface area (Å²) < 4.78 is 11.5. The average Bonchev–Trinajstić information content (AvgIpc) is 3.34. The summed E-state index contributed by atoms with van der Waals surface area (Å²) in [6, 6.07) is 13.9. The Bertz CT molecular complexity index is 1430. The lowest BCUT2D eigenvalue weighted by Gasteiger charge is -2.29. The van der Waals surface area contributed by atoms with Crippen LogP contribution in [0.1, 0.15) is 15.9 Å². The Morgan fingerprint density at radius 1 is 1.14 bits per heavy atom. The summed E-state index contributed by atoms with van der Waals surface area (Å²) in [6.45, 7) is 0.689. The van der Waals surface area contributed by atoms with Gasteiger partial charge < -0.3 is 14.6 Å². The molecular weight excluding hydrogens is 506 g/mol. The summed E-state index contributed by atoms with van der Waals surface area (Å²) >= 11 is 6.99. The Kier molecular flexibility index (Phi) is 6.65. The molecule has 0 spiro atoms. The van der Waals surface area contributed by atoms with Gasteiger partial charge in [-0.3, -0.25) is 20.0 Å². The second-order valence-electron chi connectivity index (χ2n) is 7.60. The minimum atomic E-state index is -1.08. The number of hydrogen-bond donors (Lipinski definition) is 2. The molecule has 36 heavy (non-hydrogen) atoms. The second-order valence-corrected chi connectivity index (χ2v) is 8.98. The molecule has 1 aliphatic rings. The number of hydrogen-bond acceptors (Lipinski definition) is 8. The molecule has 182 valence electrons. The smallest absolute Gasteiger partial charge is 0.412 e. The van der Waals surface area contributed by atoms with Crippen molar-refractivity contribution in [1.29, 1.82) is 0 Å². The summed E-state index contributed by atoms with van der Waals surface area (Å²) in [5.41, 5.74) is 2.68. The standard InChI is InChI=1S/C24H18ClN5O5S/c25-15-6-4-14(5-7-15)13-35-23-29-28-22(36-23)27-21(31)17-8-9-26-12-18(17)16-2-1-3-19-20(16)34-11-10-30(19)24(32)33/h1-9,12H,10-11,13H2,(H,32,33)(H,27,28,31). The van der Waals surface area contributed by atoms with E-state index in [1.807, 2.05) is 12.1 Å². The van der Waals surface area contributed by atoms with Crippen LogP contribution in [0, 0.1) is 0 Å². The molecule has 2 aromatic heterocycles. The Morgan fingerprint density at radius 2 is 1.97 bits per heavy atom. The zero-order valence-electron chi connectivity index (χ0n) is 18.6. The number of amides is 2. The van der Waals surface area contributed by atoms with E-state index in [1.165, 1.54) is 17.3 Å². The quantitative estimate of drug-likeness (QED) is 0.363. The number of para-hydroxylation sites is 1. The van der Waals surface area contributed by atoms with Crippen molar-refractivity contribution < 1.29 is 24.2 Å². The third-order valence-corrected chi connectivity index (χ3v) is 6.34. The number of carbonyl (C=O) groups is 2. The Hall–Kier alpha value is -4.22. The van der Waals surface area contributed by atoms with Gasteiger partial charge >= 0.3 is 6.09 Å². The SMILES string of the molecule is O=C(Nc1nnc(OCc2ccc(Cl)cc2)s1)c1ccncc1-c1cccc2c1OCCN2C(=O)O. The third kappa shape index (κ3) is 4.92. The van der Waals surface area contributed by atoms with E-state index in [1.54, 1.807) is 36.4 Å². The van der Waals surface area contributed by atoms with Gasteiger partial charge in [-0.1, -0.05) is 41.0 Å². The number of nitrogens with one attached hydrogen (secondary N) is 1. The van der Waals surface area contributed by atoms with E-state index in [-0.39, 0.29) is 24.9 Å². The minimum Gasteiger partial charge on any atom is -0.489 e. The van der Waals surface area contributed by atoms with E-state index in [2.05, 4.69) is 20.5 Å². The van der Waals surface area contributed by atoms with Crippen molar-refractivity contribution in [2.24, 2.45) is 0 Å². The molecule has 0 radical (unpaired) electrons. The number of carboxylic acid groups (broad SMARTS) is 1. The first-order valence-electron chi connectivity index (χ1n) is 10.7. The number of ether oxygens (including phenoxy) is 2. The molecule has 1 aliphatic heterocycles. The van der Waals surface area contributed by atoms with Crippen LogP contribution in [0.15, 0.2) is 60.9 Å². The largest absolute Gasteiger partial charge is 0.489 e. The van der Waals surface area contributed by atoms with E-state index < -0.39 is 12.0 Å². The van der Waals surface area contributed by atoms with Gasteiger partial charge in [0, 0.05) is 28.5 Å². The molecule has 12 heteroatoms. The van der Waals surface area contributed by atoms with Crippen molar-refractivity contribution in [1.82, 2.24) is 15.2 Å². The topological polar surface area (TPSA) is 127 Å². The molecule has 3 heterocycles. The molecule has 0 bridgehead atoms. The van der Waals surface area contributed by atoms with Crippen LogP contribution < -0.4 is 19.7 Å². The highest BCUT2D eigenvalue weighted by Gasteiger charge is 2.27. The van der Waals surface area contributed by atoms with E-state index >= 15 is 0 Å². The predicted octanol–water partition coefficient (Wildman–Crippen LogP) is 4.96. The lowest BCUT2D eigenvalue weighted by Crippen LogP contribution is -2.37. The number of carbonyl (C=O) groups excluding carboxylic acids is 1. The Morgan fingerprint density at radius 3 is 2.78 bits per heavy atom. The van der Waals surface area contributed by atoms with Crippen molar-refractivity contribution in [3.05, 3.63) is 77.1 Å². The van der Waals surface area contributed by atoms with Crippen LogP contribution in [0.5, 0.6) is 10.9 Å². The van der Waals surface area contributed by atoms with Gasteiger partial charge in [0.15, 0.2) is 5.75 Å². The fraction of sp³-hybridized carbons (Fsp3) is 0.125. The molecule has 5 rings (SSSR count). The van der Waals surface area contributed by atoms with Crippen LogP contribution >= 0.6 is 22.9 Å². The lowest BCUT2D eigenvalue weighted by molar-refractivity contribution is 0.102. The number of anilines is 2. The average molecular weight is 524 g/mol. The van der Waals surface area contributed by atoms with Gasteiger partial charge in [-0.25, -0.2) is 4.79 Å². The molecule has 0 saturated carbocycles. The van der Waals surface area contributed by atoms with Crippen molar-refractivity contribution >= 4 is 45.8 Å². The number of aromatic nitrogens is 3. The van der Waals surface area contributed by atoms with Crippen molar-refractivity contribution in [2.75, 3.05) is 23.4 Å². The molecule has 0 fully saturated rings. The fourth-order valence-electron chi connectivity index (χ4n) is 3.68. The van der Waals surface area contributed by atoms with Gasteiger partial charge in [-0.05, 0) is 41.2 Å². The van der Waals surface area contributed by atoms with Crippen LogP contribution in [0.2, 0.25) is 5.02 Å². The third-order valence-electron chi connectivity index (χ3n) is 5.34. The zero-order valence-corrected chi connectivity index (χ0v) is 20.1. The molecule has 4 aromatic rings. The molecule has 0 unspecified atom stereocenters. The first-order valence-corrected chi connectivity index (χ1v) is 11.9. The van der Waals surface area contributed by atoms with Gasteiger partial charge in [0.1, 0.15) is 13.2 Å². The summed E-state index contributed by atoms with van der Waals surface area (Å²) in [6.07, 6.45) is 1.96. The van der Waals surface area contributed by atoms with Crippen LogP contribution in [0.25, 0.3) is 11.1 Å². The summed E-state index contributed by atoms with van der Waals surface area (Å²) in [4.78, 5) is 30.2. The molecule has 2 aromatic carbocycles. The van der Waals surface area contributed by atoms with E-state index in [4.69, 9.17) is 21.1 Å². The maximum absolute atomic E-state index is 13.2. The Balaban J connectivity index is 1.35. The van der Waals surface area contributed by atoms with E-state index in [0.717, 1.165) is 16.9 Å². The molecular formula is C24H18ClN5O5S. The highest BCUT2D eigenvalue weighted by Crippen LogP contribution is 2.41. The van der Waals surface area contributed by atoms with Crippen LogP contribution in [-0.4, -0.2) is 45.4 Å². The van der Waals surface area contributed by atoms with E-state index in [0.29, 0.717) is 38.3 Å². The molecule has 10 nitrogen and oxygen atoms in total. The number of pyridine rings is 1. The normalized spacial score (nSPS) is 12.4. The van der Waals surface area contributed by atoms with E-state index in [9.17, 15) is 14.7 Å². The summed E-state index contributed by atoms with van der Waals surface area (Å²) in [5, 5.41) is 21.4. The van der Waals surface area contributed by atoms with Crippen LogP contribution in [0.3, 0.4) is 0 Å². The van der Waals surface area contributed by atoms with Crippen molar-refractivity contribution in [3.8, 4) is 22.1 Å². The van der Waals surface area contributed by atoms with Crippen LogP contribution in [0.4, 0.5) is 15.6 Å². The lowest BCUT2D eigenvalue weighted by atomic mass is 9.99. The maximum Gasteiger partial charge on any atom is 0.412 e. The first kappa shape index (κ1) is 23.5. The summed E-state index contributed by atoms with van der Waals surface area (Å²) in [7, 11) is 0. The highest BCUT2D eigenvalue weighted by atomic mass is 35.5. The number of halogens is 1. The van der Waals surface area contributed by atoms with Crippen LogP contribution in [-0.2, 0) is 6.61 Å². The summed E-state index contributed by atoms with van der Waals surface area (Å²) in [5.74, 6) is -0.0571. The molecule has 2 amide bonds. The first-order chi connectivity index (χ1) is 17.5. The van der Waals surface area contributed by atoms with Gasteiger partial charge in [0.2, 0.25) is 5.13 Å². The molecule has 0 saturated heterocycles.